The third-order valence-corrected chi connectivity index (χ3v) is 4.11. The van der Waals surface area contributed by atoms with Gasteiger partial charge in [-0.1, -0.05) is 48.2 Å². The van der Waals surface area contributed by atoms with Crippen molar-refractivity contribution >= 4 is 17.7 Å². The summed E-state index contributed by atoms with van der Waals surface area (Å²) in [5.74, 6) is -1.33. The van der Waals surface area contributed by atoms with Gasteiger partial charge in [0.1, 0.15) is 5.92 Å². The van der Waals surface area contributed by atoms with Crippen LogP contribution in [0.1, 0.15) is 17.0 Å². The first-order valence-corrected chi connectivity index (χ1v) is 6.17. The predicted molar refractivity (Wildman–Crippen MR) is 66.5 cm³/mol. The Balaban J connectivity index is 0.00000120. The van der Waals surface area contributed by atoms with Crippen molar-refractivity contribution in [3.05, 3.63) is 59.7 Å². The summed E-state index contributed by atoms with van der Waals surface area (Å²) in [5, 5.41) is 9.42. The Labute approximate surface area is 124 Å². The van der Waals surface area contributed by atoms with E-state index in [0.717, 1.165) is 20.9 Å². The molecule has 0 saturated carbocycles. The SMILES string of the molecule is O=C(O)C1c2ccccc2Sc2ccccc21.[Mo]. The van der Waals surface area contributed by atoms with Gasteiger partial charge in [0.05, 0.1) is 0 Å². The number of hydrogen-bond donors (Lipinski definition) is 1. The van der Waals surface area contributed by atoms with Gasteiger partial charge in [0.2, 0.25) is 0 Å². The first-order valence-electron chi connectivity index (χ1n) is 5.36. The molecule has 0 atom stereocenters. The van der Waals surface area contributed by atoms with Crippen molar-refractivity contribution in [3.63, 3.8) is 0 Å². The van der Waals surface area contributed by atoms with Crippen LogP contribution in [0.25, 0.3) is 0 Å². The predicted octanol–water partition coefficient (Wildman–Crippen LogP) is 3.37. The van der Waals surface area contributed by atoms with E-state index in [9.17, 15) is 9.90 Å². The molecular weight excluding hydrogens is 328 g/mol. The van der Waals surface area contributed by atoms with E-state index < -0.39 is 11.9 Å². The van der Waals surface area contributed by atoms with Gasteiger partial charge in [0.25, 0.3) is 0 Å². The maximum absolute atomic E-state index is 11.5. The molecule has 0 aromatic heterocycles. The Morgan fingerprint density at radius 2 is 1.39 bits per heavy atom. The van der Waals surface area contributed by atoms with E-state index >= 15 is 0 Å². The Morgan fingerprint density at radius 1 is 0.944 bits per heavy atom. The van der Waals surface area contributed by atoms with Gasteiger partial charge in [-0.25, -0.2) is 0 Å². The molecule has 0 bridgehead atoms. The van der Waals surface area contributed by atoms with Gasteiger partial charge in [0.15, 0.2) is 0 Å². The maximum atomic E-state index is 11.5. The zero-order valence-corrected chi connectivity index (χ0v) is 12.2. The average Bonchev–Trinajstić information content (AvgIpc) is 2.35. The van der Waals surface area contributed by atoms with Crippen LogP contribution in [-0.2, 0) is 25.9 Å². The molecule has 0 radical (unpaired) electrons. The minimum Gasteiger partial charge on any atom is -0.481 e. The third kappa shape index (κ3) is 2.13. The molecule has 0 unspecified atom stereocenters. The van der Waals surface area contributed by atoms with E-state index in [1.54, 1.807) is 11.8 Å². The Bertz CT molecular complexity index is 552. The van der Waals surface area contributed by atoms with Crippen molar-refractivity contribution in [2.24, 2.45) is 0 Å². The van der Waals surface area contributed by atoms with Crippen LogP contribution in [0.5, 0.6) is 0 Å². The fraction of sp³-hybridized carbons (Fsp3) is 0.0714. The molecule has 2 aromatic carbocycles. The molecule has 1 aliphatic heterocycles. The van der Waals surface area contributed by atoms with Gasteiger partial charge in [-0.05, 0) is 23.3 Å². The summed E-state index contributed by atoms with van der Waals surface area (Å²) in [7, 11) is 0. The number of hydrogen-bond acceptors (Lipinski definition) is 2. The molecule has 2 aromatic rings. The van der Waals surface area contributed by atoms with E-state index in [1.807, 2.05) is 48.5 Å². The first-order chi connectivity index (χ1) is 8.27. The number of rotatable bonds is 1. The summed E-state index contributed by atoms with van der Waals surface area (Å²) >= 11 is 1.64. The number of carbonyl (C=O) groups is 1. The van der Waals surface area contributed by atoms with Crippen LogP contribution in [0.15, 0.2) is 58.3 Å². The zero-order chi connectivity index (χ0) is 11.8. The summed E-state index contributed by atoms with van der Waals surface area (Å²) in [6, 6.07) is 15.4. The Kier molecular flexibility index (Phi) is 3.93. The maximum Gasteiger partial charge on any atom is 0.315 e. The second-order valence-electron chi connectivity index (χ2n) is 3.95. The fourth-order valence-corrected chi connectivity index (χ4v) is 3.31. The van der Waals surface area contributed by atoms with Crippen LogP contribution in [0.3, 0.4) is 0 Å². The molecule has 0 amide bonds. The van der Waals surface area contributed by atoms with Crippen LogP contribution in [-0.4, -0.2) is 11.1 Å². The molecule has 90 valence electrons. The van der Waals surface area contributed by atoms with Gasteiger partial charge in [-0.3, -0.25) is 4.79 Å². The van der Waals surface area contributed by atoms with Crippen molar-refractivity contribution in [1.82, 2.24) is 0 Å². The second-order valence-corrected chi connectivity index (χ2v) is 5.03. The van der Waals surface area contributed by atoms with Crippen LogP contribution in [0, 0.1) is 0 Å². The molecular formula is C14H10MoO2S. The Morgan fingerprint density at radius 3 is 1.83 bits per heavy atom. The number of aliphatic carboxylic acids is 1. The minimum absolute atomic E-state index is 0. The Hall–Kier alpha value is -1.05. The van der Waals surface area contributed by atoms with Crippen molar-refractivity contribution in [2.45, 2.75) is 15.7 Å². The van der Waals surface area contributed by atoms with Gasteiger partial charge < -0.3 is 5.11 Å². The van der Waals surface area contributed by atoms with E-state index in [0.29, 0.717) is 0 Å². The average molecular weight is 338 g/mol. The minimum atomic E-state index is -0.787. The molecule has 3 rings (SSSR count). The van der Waals surface area contributed by atoms with E-state index in [4.69, 9.17) is 0 Å². The normalized spacial score (nSPS) is 13.1. The summed E-state index contributed by atoms with van der Waals surface area (Å²) in [6.07, 6.45) is 0. The number of carboxylic acid groups (broad SMARTS) is 1. The van der Waals surface area contributed by atoms with Crippen LogP contribution >= 0.6 is 11.8 Å². The summed E-state index contributed by atoms with van der Waals surface area (Å²) in [6.45, 7) is 0. The van der Waals surface area contributed by atoms with Gasteiger partial charge in [-0.2, -0.15) is 0 Å². The van der Waals surface area contributed by atoms with Gasteiger partial charge in [-0.15, -0.1) is 0 Å². The van der Waals surface area contributed by atoms with Gasteiger partial charge >= 0.3 is 5.97 Å². The van der Waals surface area contributed by atoms with Crippen molar-refractivity contribution < 1.29 is 31.0 Å². The summed E-state index contributed by atoms with van der Waals surface area (Å²) < 4.78 is 0. The van der Waals surface area contributed by atoms with E-state index in [2.05, 4.69) is 0 Å². The van der Waals surface area contributed by atoms with Gasteiger partial charge in [0, 0.05) is 30.9 Å². The van der Waals surface area contributed by atoms with Crippen LogP contribution in [0.2, 0.25) is 0 Å². The zero-order valence-electron chi connectivity index (χ0n) is 9.37. The quantitative estimate of drug-likeness (QED) is 0.810. The van der Waals surface area contributed by atoms with Crippen molar-refractivity contribution in [1.29, 1.82) is 0 Å². The number of benzene rings is 2. The second kappa shape index (κ2) is 5.29. The largest absolute Gasteiger partial charge is 0.481 e. The third-order valence-electron chi connectivity index (χ3n) is 2.93. The topological polar surface area (TPSA) is 37.3 Å². The molecule has 1 N–H and O–H groups in total. The van der Waals surface area contributed by atoms with Crippen LogP contribution in [0.4, 0.5) is 0 Å². The molecule has 0 fully saturated rings. The molecule has 2 nitrogen and oxygen atoms in total. The molecule has 0 spiro atoms. The van der Waals surface area contributed by atoms with Crippen LogP contribution < -0.4 is 0 Å². The molecule has 0 aliphatic carbocycles. The molecule has 1 heterocycles. The summed E-state index contributed by atoms with van der Waals surface area (Å²) in [5.41, 5.74) is 1.78. The molecule has 0 saturated heterocycles. The smallest absolute Gasteiger partial charge is 0.315 e. The van der Waals surface area contributed by atoms with E-state index in [1.165, 1.54) is 0 Å². The number of carboxylic acids is 1. The van der Waals surface area contributed by atoms with Crippen molar-refractivity contribution in [2.75, 3.05) is 0 Å². The molecule has 18 heavy (non-hydrogen) atoms. The monoisotopic (exact) mass is 340 g/mol. The standard InChI is InChI=1S/C14H10O2S.Mo/c15-14(16)13-9-5-1-3-7-11(9)17-12-8-4-2-6-10(12)13;/h1-8,13H,(H,15,16);. The number of fused-ring (bicyclic) bond motifs is 2. The van der Waals surface area contributed by atoms with Crippen molar-refractivity contribution in [3.8, 4) is 0 Å². The molecule has 1 aliphatic rings. The summed E-state index contributed by atoms with van der Waals surface area (Å²) in [4.78, 5) is 13.6. The van der Waals surface area contributed by atoms with E-state index in [-0.39, 0.29) is 21.1 Å². The first kappa shape index (κ1) is 13.4. The molecule has 4 heteroatoms. The fourth-order valence-electron chi connectivity index (χ4n) is 2.18.